The van der Waals surface area contributed by atoms with Crippen molar-refractivity contribution in [2.75, 3.05) is 0 Å². The molecule has 0 bridgehead atoms. The normalized spacial score (nSPS) is 11.2. The van der Waals surface area contributed by atoms with Crippen LogP contribution in [0.4, 0.5) is 49.1 Å². The highest BCUT2D eigenvalue weighted by Gasteiger charge is 2.31. The third-order valence-electron chi connectivity index (χ3n) is 17.9. The summed E-state index contributed by atoms with van der Waals surface area (Å²) < 4.78 is 82.6. The summed E-state index contributed by atoms with van der Waals surface area (Å²) in [4.78, 5) is 45.6. The van der Waals surface area contributed by atoms with Crippen LogP contribution in [0.2, 0.25) is 0 Å². The molecule has 0 amide bonds. The number of hydrogen-bond acceptors (Lipinski definition) is 8. The van der Waals surface area contributed by atoms with Gasteiger partial charge in [0.25, 0.3) is 0 Å². The molecule has 0 saturated carbocycles. The molecule has 12 nitrogen and oxygen atoms in total. The van der Waals surface area contributed by atoms with Crippen LogP contribution in [0.1, 0.15) is 22.3 Å². The van der Waals surface area contributed by atoms with Gasteiger partial charge in [-0.1, -0.05) is 164 Å². The molecule has 488 valence electrons. The third kappa shape index (κ3) is 11.9. The van der Waals surface area contributed by atoms with E-state index < -0.39 is 29.2 Å². The largest absolute Gasteiger partial charge is 0.416 e. The minimum absolute atomic E-state index is 0.173. The minimum Gasteiger partial charge on any atom is -0.248 e. The Morgan fingerprint density at radius 2 is 0.673 bits per heavy atom. The molecule has 0 saturated heterocycles. The molecular formula is C86H42F6N12. The number of para-hydroxylation sites is 2. The van der Waals surface area contributed by atoms with Crippen molar-refractivity contribution in [3.05, 3.63) is 322 Å². The molecule has 18 heteroatoms. The molecule has 0 spiro atoms. The van der Waals surface area contributed by atoms with E-state index >= 15 is 0 Å². The predicted octanol–water partition coefficient (Wildman–Crippen LogP) is 23.7. The Morgan fingerprint density at radius 3 is 1.05 bits per heavy atom. The number of aromatic nitrogens is 6. The SMILES string of the molecule is [C-]#[N+]c1ccc(-c2nc3cc([N+]#[C-])c4c(-c5ccc(-c6cc(C)cc(C(F)(F)F)c6)cc5)nc5ccccc5c4c3nc2-c2ccc(C#N)cc2)cc1.[C-]#[N+]c1ccc(-c2nc3cc([N+]#[C-])c4c(-c5ccc(-c6cc(F)c(F)c(F)c6)cc5)nc5ccccc5c4c3nc2-c2ccc(C#N)cc2)cc1. The average Bonchev–Trinajstić information content (AvgIpc) is 0.727. The number of halogens is 6. The van der Waals surface area contributed by atoms with E-state index in [9.17, 15) is 36.9 Å². The van der Waals surface area contributed by atoms with E-state index in [1.807, 2.05) is 109 Å². The van der Waals surface area contributed by atoms with Gasteiger partial charge < -0.3 is 0 Å². The van der Waals surface area contributed by atoms with Crippen LogP contribution in [0.3, 0.4) is 0 Å². The van der Waals surface area contributed by atoms with Crippen LogP contribution in [0.5, 0.6) is 0 Å². The highest BCUT2D eigenvalue weighted by Crippen LogP contribution is 2.47. The lowest BCUT2D eigenvalue weighted by Gasteiger charge is -2.16. The summed E-state index contributed by atoms with van der Waals surface area (Å²) in [6, 6.07) is 70.9. The van der Waals surface area contributed by atoms with E-state index in [2.05, 4.69) is 31.5 Å². The van der Waals surface area contributed by atoms with Gasteiger partial charge in [-0.2, -0.15) is 23.7 Å². The molecule has 4 aromatic heterocycles. The van der Waals surface area contributed by atoms with Gasteiger partial charge in [-0.05, 0) is 130 Å². The number of hydrogen-bond donors (Lipinski definition) is 0. The smallest absolute Gasteiger partial charge is 0.248 e. The quantitative estimate of drug-likeness (QED) is 0.0633. The second kappa shape index (κ2) is 26.5. The van der Waals surface area contributed by atoms with E-state index in [-0.39, 0.29) is 5.56 Å². The van der Waals surface area contributed by atoms with Crippen LogP contribution in [-0.2, 0) is 6.18 Å². The molecule has 0 radical (unpaired) electrons. The molecule has 104 heavy (non-hydrogen) atoms. The van der Waals surface area contributed by atoms with Gasteiger partial charge in [0.2, 0.25) is 0 Å². The molecule has 4 heterocycles. The number of rotatable bonds is 8. The molecule has 0 unspecified atom stereocenters. The van der Waals surface area contributed by atoms with E-state index in [0.29, 0.717) is 156 Å². The van der Waals surface area contributed by atoms with E-state index in [4.69, 9.17) is 56.2 Å². The number of alkyl halides is 3. The van der Waals surface area contributed by atoms with Gasteiger partial charge >= 0.3 is 6.18 Å². The van der Waals surface area contributed by atoms with Gasteiger partial charge in [-0.3, -0.25) is 0 Å². The zero-order chi connectivity index (χ0) is 72.1. The van der Waals surface area contributed by atoms with Gasteiger partial charge in [0.15, 0.2) is 40.2 Å². The van der Waals surface area contributed by atoms with Crippen molar-refractivity contribution >= 4 is 88.2 Å². The van der Waals surface area contributed by atoms with Crippen molar-refractivity contribution in [1.82, 2.24) is 29.9 Å². The van der Waals surface area contributed by atoms with Crippen LogP contribution in [0.25, 0.3) is 175 Å². The Morgan fingerprint density at radius 1 is 0.337 bits per heavy atom. The van der Waals surface area contributed by atoms with Crippen molar-refractivity contribution in [3.63, 3.8) is 0 Å². The standard InChI is InChI=1S/C44H23F3N6.C42H19F3N6/c1-25-20-31(22-32(21-25)44(45,46)47)27-12-14-28(15-13-27)40-39-36(50-3)23-37-43(38(39)34-6-4-5-7-35(34)51-40)53-42(29-10-8-26(24-48)9-11-29)41(52-37)30-16-18-33(49-2)19-17-30;1-47-29-17-15-27(16-18-29)40-41(26-9-7-23(22-46)8-10-26)51-42-35(50-40)21-34(48-2)37-36(42)30-5-3-4-6-33(30)49-39(37)25-13-11-24(12-14-25)28-19-31(43)38(45)32(44)20-28/h4-23H,1H3;3-21H. The summed E-state index contributed by atoms with van der Waals surface area (Å²) >= 11 is 0. The van der Waals surface area contributed by atoms with Crippen molar-refractivity contribution in [1.29, 1.82) is 10.5 Å². The molecule has 0 aliphatic carbocycles. The molecule has 0 N–H and O–H groups in total. The Balaban J connectivity index is 0.000000167. The van der Waals surface area contributed by atoms with Gasteiger partial charge in [-0.15, -0.1) is 0 Å². The van der Waals surface area contributed by atoms with Crippen LogP contribution < -0.4 is 0 Å². The highest BCUT2D eigenvalue weighted by molar-refractivity contribution is 6.26. The third-order valence-corrected chi connectivity index (χ3v) is 17.9. The van der Waals surface area contributed by atoms with Crippen LogP contribution in [-0.4, -0.2) is 29.9 Å². The number of nitriles is 2. The lowest BCUT2D eigenvalue weighted by Crippen LogP contribution is -2.05. The summed E-state index contributed by atoms with van der Waals surface area (Å²) in [7, 11) is 0. The van der Waals surface area contributed by atoms with E-state index in [1.54, 1.807) is 110 Å². The van der Waals surface area contributed by atoms with Crippen molar-refractivity contribution in [2.45, 2.75) is 13.1 Å². The minimum atomic E-state index is -4.47. The van der Waals surface area contributed by atoms with E-state index in [1.165, 1.54) is 0 Å². The van der Waals surface area contributed by atoms with Crippen LogP contribution >= 0.6 is 0 Å². The molecule has 0 aliphatic heterocycles. The van der Waals surface area contributed by atoms with Gasteiger partial charge in [0.05, 0.1) is 122 Å². The summed E-state index contributed by atoms with van der Waals surface area (Å²) in [6.45, 7) is 32.9. The van der Waals surface area contributed by atoms with Crippen molar-refractivity contribution in [2.24, 2.45) is 0 Å². The van der Waals surface area contributed by atoms with Gasteiger partial charge in [0, 0.05) is 43.4 Å². The Bertz CT molecular complexity index is 6520. The molecule has 0 aliphatic rings. The fourth-order valence-corrected chi connectivity index (χ4v) is 13.0. The van der Waals surface area contributed by atoms with Gasteiger partial charge in [0.1, 0.15) is 0 Å². The van der Waals surface area contributed by atoms with Crippen LogP contribution in [0.15, 0.2) is 237 Å². The lowest BCUT2D eigenvalue weighted by molar-refractivity contribution is -0.137. The maximum absolute atomic E-state index is 14.0. The molecule has 12 aromatic carbocycles. The zero-order valence-corrected chi connectivity index (χ0v) is 54.2. The first-order valence-corrected chi connectivity index (χ1v) is 31.9. The molecule has 0 atom stereocenters. The second-order valence-corrected chi connectivity index (χ2v) is 24.2. The highest BCUT2D eigenvalue weighted by atomic mass is 19.4. The number of aryl methyl sites for hydroxylation is 1. The van der Waals surface area contributed by atoms with Crippen LogP contribution in [0, 0.1) is 73.3 Å². The number of pyridine rings is 2. The first-order valence-electron chi connectivity index (χ1n) is 31.9. The molecule has 0 fully saturated rings. The second-order valence-electron chi connectivity index (χ2n) is 24.2. The zero-order valence-electron chi connectivity index (χ0n) is 54.2. The first-order chi connectivity index (χ1) is 50.5. The molecule has 16 rings (SSSR count). The Labute approximate surface area is 588 Å². The molecular weight excluding hydrogens is 1320 g/mol. The van der Waals surface area contributed by atoms with Crippen molar-refractivity contribution < 1.29 is 26.3 Å². The maximum atomic E-state index is 14.0. The first kappa shape index (κ1) is 65.1. The van der Waals surface area contributed by atoms with Crippen molar-refractivity contribution in [3.8, 4) is 102 Å². The number of fused-ring (bicyclic) bond motifs is 10. The summed E-state index contributed by atoms with van der Waals surface area (Å²) in [5, 5.41) is 22.9. The molecule has 16 aromatic rings. The summed E-state index contributed by atoms with van der Waals surface area (Å²) in [5.74, 6) is -4.10. The number of benzene rings is 12. The lowest BCUT2D eigenvalue weighted by atomic mass is 9.94. The fourth-order valence-electron chi connectivity index (χ4n) is 13.0. The average molecular weight is 1360 g/mol. The van der Waals surface area contributed by atoms with Gasteiger partial charge in [-0.25, -0.2) is 62.5 Å². The monoisotopic (exact) mass is 1360 g/mol. The maximum Gasteiger partial charge on any atom is 0.416 e. The summed E-state index contributed by atoms with van der Waals surface area (Å²) in [5.41, 5.74) is 14.8. The number of nitrogens with zero attached hydrogens (tertiary/aromatic N) is 12. The van der Waals surface area contributed by atoms with E-state index in [0.717, 1.165) is 57.3 Å². The summed E-state index contributed by atoms with van der Waals surface area (Å²) in [6.07, 6.45) is -4.47. The topological polar surface area (TPSA) is 142 Å². The fraction of sp³-hybridized carbons (Fsp3) is 0.0233. The Kier molecular flexibility index (Phi) is 16.6. The predicted molar refractivity (Wildman–Crippen MR) is 392 cm³/mol. The Hall–Kier alpha value is -14.8.